The molecule has 1 heterocycles. The van der Waals surface area contributed by atoms with Gasteiger partial charge in [0.1, 0.15) is 4.47 Å². The molecule has 0 fully saturated rings. The number of hydrogen-bond acceptors (Lipinski definition) is 4. The van der Waals surface area contributed by atoms with E-state index in [1.165, 1.54) is 4.68 Å². The van der Waals surface area contributed by atoms with Gasteiger partial charge in [0, 0.05) is 13.2 Å². The average Bonchev–Trinajstić information content (AvgIpc) is 2.37. The average molecular weight is 346 g/mol. The number of rotatable bonds is 8. The zero-order valence-electron chi connectivity index (χ0n) is 12.6. The van der Waals surface area contributed by atoms with Crippen LogP contribution >= 0.6 is 15.9 Å². The molecule has 0 aliphatic heterocycles. The monoisotopic (exact) mass is 345 g/mol. The molecule has 0 spiro atoms. The minimum absolute atomic E-state index is 0.0565. The Hall–Kier alpha value is -0.880. The molecule has 114 valence electrons. The number of unbranched alkanes of at least 4 members (excludes halogenated alkanes) is 1. The molecular formula is C14H24BrN3O2. The van der Waals surface area contributed by atoms with E-state index in [4.69, 9.17) is 4.74 Å². The lowest BCUT2D eigenvalue weighted by atomic mass is 10.3. The Labute approximate surface area is 128 Å². The molecular weight excluding hydrogens is 322 g/mol. The molecule has 0 aliphatic rings. The highest BCUT2D eigenvalue weighted by Gasteiger charge is 2.10. The molecule has 1 N–H and O–H groups in total. The maximum absolute atomic E-state index is 12.0. The summed E-state index contributed by atoms with van der Waals surface area (Å²) in [5.74, 6) is 0. The van der Waals surface area contributed by atoms with E-state index in [9.17, 15) is 4.79 Å². The summed E-state index contributed by atoms with van der Waals surface area (Å²) in [6, 6.07) is 0.0565. The Balaban J connectivity index is 2.45. The Bertz CT molecular complexity index is 472. The molecule has 0 unspecified atom stereocenters. The van der Waals surface area contributed by atoms with Gasteiger partial charge in [-0.05, 0) is 56.5 Å². The lowest BCUT2D eigenvalue weighted by Gasteiger charge is -2.12. The van der Waals surface area contributed by atoms with Crippen molar-refractivity contribution in [1.82, 2.24) is 9.78 Å². The molecule has 0 bridgehead atoms. The van der Waals surface area contributed by atoms with E-state index in [-0.39, 0.29) is 17.7 Å². The third-order valence-electron chi connectivity index (χ3n) is 2.77. The number of nitrogens with zero attached hydrogens (tertiary/aromatic N) is 2. The fraction of sp³-hybridized carbons (Fsp3) is 0.714. The van der Waals surface area contributed by atoms with Crippen molar-refractivity contribution in [2.24, 2.45) is 0 Å². The third-order valence-corrected chi connectivity index (χ3v) is 3.54. The largest absolute Gasteiger partial charge is 0.383 e. The number of nitrogens with one attached hydrogen (secondary N) is 1. The van der Waals surface area contributed by atoms with Crippen LogP contribution in [0.15, 0.2) is 15.5 Å². The van der Waals surface area contributed by atoms with Crippen LogP contribution in [0.5, 0.6) is 0 Å². The number of hydrogen-bond donors (Lipinski definition) is 1. The Morgan fingerprint density at radius 1 is 1.35 bits per heavy atom. The van der Waals surface area contributed by atoms with Gasteiger partial charge in [-0.2, -0.15) is 5.10 Å². The number of halogens is 1. The second kappa shape index (κ2) is 8.42. The van der Waals surface area contributed by atoms with E-state index in [0.29, 0.717) is 4.47 Å². The van der Waals surface area contributed by atoms with E-state index < -0.39 is 0 Å². The van der Waals surface area contributed by atoms with Crippen molar-refractivity contribution < 1.29 is 4.74 Å². The predicted octanol–water partition coefficient (Wildman–Crippen LogP) is 3.20. The molecule has 5 nitrogen and oxygen atoms in total. The van der Waals surface area contributed by atoms with Gasteiger partial charge >= 0.3 is 0 Å². The van der Waals surface area contributed by atoms with Gasteiger partial charge in [0.15, 0.2) is 0 Å². The molecule has 0 atom stereocenters. The zero-order valence-corrected chi connectivity index (χ0v) is 14.2. The summed E-state index contributed by atoms with van der Waals surface area (Å²) in [6.07, 6.45) is 3.96. The van der Waals surface area contributed by atoms with Gasteiger partial charge in [-0.15, -0.1) is 0 Å². The summed E-state index contributed by atoms with van der Waals surface area (Å²) in [7, 11) is 0. The van der Waals surface area contributed by atoms with Gasteiger partial charge in [-0.1, -0.05) is 0 Å². The standard InChI is InChI=1S/C14H24BrN3O2/c1-10(2)18-14(19)13(15)12(9-17-18)16-7-5-6-8-20-11(3)4/h9-11,16H,5-8H2,1-4H3. The fourth-order valence-electron chi connectivity index (χ4n) is 1.71. The number of anilines is 1. The van der Waals surface area contributed by atoms with Gasteiger partial charge in [0.2, 0.25) is 0 Å². The smallest absolute Gasteiger partial charge is 0.283 e. The van der Waals surface area contributed by atoms with Gasteiger partial charge in [-0.3, -0.25) is 4.79 Å². The van der Waals surface area contributed by atoms with E-state index in [2.05, 4.69) is 26.3 Å². The van der Waals surface area contributed by atoms with E-state index in [1.54, 1.807) is 6.20 Å². The van der Waals surface area contributed by atoms with Crippen LogP contribution in [0.25, 0.3) is 0 Å². The molecule has 0 aromatic carbocycles. The van der Waals surface area contributed by atoms with Crippen molar-refractivity contribution in [1.29, 1.82) is 0 Å². The van der Waals surface area contributed by atoms with E-state index in [1.807, 2.05) is 27.7 Å². The van der Waals surface area contributed by atoms with Crippen LogP contribution in [0.4, 0.5) is 5.69 Å². The lowest BCUT2D eigenvalue weighted by Crippen LogP contribution is -2.26. The van der Waals surface area contributed by atoms with E-state index >= 15 is 0 Å². The molecule has 1 aromatic rings. The molecule has 6 heteroatoms. The summed E-state index contributed by atoms with van der Waals surface area (Å²) in [4.78, 5) is 12.0. The summed E-state index contributed by atoms with van der Waals surface area (Å²) in [5, 5.41) is 7.39. The van der Waals surface area contributed by atoms with Crippen LogP contribution in [0.3, 0.4) is 0 Å². The number of ether oxygens (including phenoxy) is 1. The number of aromatic nitrogens is 2. The first-order valence-electron chi connectivity index (χ1n) is 7.06. The highest BCUT2D eigenvalue weighted by molar-refractivity contribution is 9.10. The Morgan fingerprint density at radius 3 is 2.65 bits per heavy atom. The topological polar surface area (TPSA) is 56.1 Å². The van der Waals surface area contributed by atoms with Crippen molar-refractivity contribution in [2.75, 3.05) is 18.5 Å². The lowest BCUT2D eigenvalue weighted by molar-refractivity contribution is 0.0765. The zero-order chi connectivity index (χ0) is 15.1. The first-order valence-corrected chi connectivity index (χ1v) is 7.85. The van der Waals surface area contributed by atoms with Crippen LogP contribution < -0.4 is 10.9 Å². The van der Waals surface area contributed by atoms with Crippen LogP contribution in [0.1, 0.15) is 46.6 Å². The molecule has 20 heavy (non-hydrogen) atoms. The van der Waals surface area contributed by atoms with E-state index in [0.717, 1.165) is 31.7 Å². The predicted molar refractivity (Wildman–Crippen MR) is 85.4 cm³/mol. The third kappa shape index (κ3) is 5.25. The minimum atomic E-state index is -0.104. The van der Waals surface area contributed by atoms with Crippen LogP contribution in [-0.2, 0) is 4.74 Å². The van der Waals surface area contributed by atoms with Crippen molar-refractivity contribution in [3.05, 3.63) is 21.0 Å². The Morgan fingerprint density at radius 2 is 2.05 bits per heavy atom. The van der Waals surface area contributed by atoms with Crippen LogP contribution in [-0.4, -0.2) is 29.0 Å². The highest BCUT2D eigenvalue weighted by atomic mass is 79.9. The van der Waals surface area contributed by atoms with Crippen LogP contribution in [0, 0.1) is 0 Å². The molecule has 0 aliphatic carbocycles. The fourth-order valence-corrected chi connectivity index (χ4v) is 2.13. The maximum atomic E-state index is 12.0. The van der Waals surface area contributed by atoms with Gasteiger partial charge < -0.3 is 10.1 Å². The first kappa shape index (κ1) is 17.2. The molecule has 1 rings (SSSR count). The molecule has 1 aromatic heterocycles. The molecule has 0 radical (unpaired) electrons. The Kier molecular flexibility index (Phi) is 7.23. The SMILES string of the molecule is CC(C)OCCCCNc1cnn(C(C)C)c(=O)c1Br. The highest BCUT2D eigenvalue weighted by Crippen LogP contribution is 2.17. The summed E-state index contributed by atoms with van der Waals surface area (Å²) in [6.45, 7) is 9.50. The second-order valence-corrected chi connectivity index (χ2v) is 6.06. The quantitative estimate of drug-likeness (QED) is 0.735. The normalized spacial score (nSPS) is 11.3. The first-order chi connectivity index (χ1) is 9.43. The van der Waals surface area contributed by atoms with Crippen molar-refractivity contribution in [3.8, 4) is 0 Å². The minimum Gasteiger partial charge on any atom is -0.383 e. The summed E-state index contributed by atoms with van der Waals surface area (Å²) in [5.41, 5.74) is 0.643. The van der Waals surface area contributed by atoms with Gasteiger partial charge in [-0.25, -0.2) is 4.68 Å². The molecule has 0 saturated heterocycles. The summed E-state index contributed by atoms with van der Waals surface area (Å²) >= 11 is 3.34. The van der Waals surface area contributed by atoms with Gasteiger partial charge in [0.25, 0.3) is 5.56 Å². The van der Waals surface area contributed by atoms with Crippen LogP contribution in [0.2, 0.25) is 0 Å². The molecule has 0 amide bonds. The van der Waals surface area contributed by atoms with Crippen molar-refractivity contribution in [3.63, 3.8) is 0 Å². The second-order valence-electron chi connectivity index (χ2n) is 5.27. The molecule has 0 saturated carbocycles. The summed E-state index contributed by atoms with van der Waals surface area (Å²) < 4.78 is 7.48. The van der Waals surface area contributed by atoms with Crippen molar-refractivity contribution >= 4 is 21.6 Å². The maximum Gasteiger partial charge on any atom is 0.283 e. The van der Waals surface area contributed by atoms with Gasteiger partial charge in [0.05, 0.1) is 24.0 Å². The van der Waals surface area contributed by atoms with Crippen molar-refractivity contribution in [2.45, 2.75) is 52.7 Å².